The van der Waals surface area contributed by atoms with Gasteiger partial charge in [-0.05, 0) is 48.9 Å². The minimum atomic E-state index is -0.668. The Labute approximate surface area is 176 Å². The Morgan fingerprint density at radius 2 is 1.87 bits per heavy atom. The van der Waals surface area contributed by atoms with Crippen molar-refractivity contribution in [2.24, 2.45) is 0 Å². The molecule has 31 heavy (non-hydrogen) atoms. The van der Waals surface area contributed by atoms with E-state index in [1.807, 2.05) is 31.2 Å². The zero-order valence-electron chi connectivity index (χ0n) is 17.2. The van der Waals surface area contributed by atoms with E-state index in [1.54, 1.807) is 38.5 Å². The lowest BCUT2D eigenvalue weighted by Crippen LogP contribution is -2.35. The molecule has 0 aliphatic rings. The van der Waals surface area contributed by atoms with E-state index in [0.29, 0.717) is 46.4 Å². The number of methoxy groups -OCH3 is 2. The number of fused-ring (bicyclic) bond motifs is 1. The molecule has 0 atom stereocenters. The molecule has 2 aromatic heterocycles. The topological polar surface area (TPSA) is 112 Å². The summed E-state index contributed by atoms with van der Waals surface area (Å²) in [6.07, 6.45) is 3.51. The summed E-state index contributed by atoms with van der Waals surface area (Å²) in [4.78, 5) is 30.9. The van der Waals surface area contributed by atoms with Gasteiger partial charge in [-0.15, -0.1) is 0 Å². The first-order valence-corrected chi connectivity index (χ1v) is 9.55. The van der Waals surface area contributed by atoms with Gasteiger partial charge in [-0.2, -0.15) is 4.98 Å². The van der Waals surface area contributed by atoms with Gasteiger partial charge in [0.1, 0.15) is 0 Å². The van der Waals surface area contributed by atoms with E-state index in [0.717, 1.165) is 5.56 Å². The first-order chi connectivity index (χ1) is 15.0. The number of hydrogen-bond acceptors (Lipinski definition) is 7. The standard InChI is InChI=1S/C22H20N4O5/c1-4-26-16-8-7-14(12-15(16)23-21(27)22(26)28)20-24-19(31-25-20)10-6-13-5-9-17(29-2)18(11-13)30-3/h5-12H,4H2,1-3H3,(H,23,27). The number of aromatic nitrogens is 4. The van der Waals surface area contributed by atoms with Crippen LogP contribution in [-0.4, -0.2) is 33.9 Å². The van der Waals surface area contributed by atoms with Gasteiger partial charge in [-0.1, -0.05) is 11.2 Å². The molecule has 1 N–H and O–H groups in total. The number of aryl methyl sites for hydroxylation is 1. The summed E-state index contributed by atoms with van der Waals surface area (Å²) in [5, 5.41) is 4.01. The molecular formula is C22H20N4O5. The smallest absolute Gasteiger partial charge is 0.316 e. The average Bonchev–Trinajstić information content (AvgIpc) is 3.27. The molecule has 2 heterocycles. The van der Waals surface area contributed by atoms with Crippen LogP contribution >= 0.6 is 0 Å². The number of nitrogens with one attached hydrogen (secondary N) is 1. The van der Waals surface area contributed by atoms with Gasteiger partial charge in [0.2, 0.25) is 5.82 Å². The Morgan fingerprint density at radius 3 is 2.61 bits per heavy atom. The molecule has 2 aromatic carbocycles. The fourth-order valence-electron chi connectivity index (χ4n) is 3.28. The molecule has 4 rings (SSSR count). The van der Waals surface area contributed by atoms with Crippen LogP contribution in [0, 0.1) is 0 Å². The molecule has 0 spiro atoms. The lowest BCUT2D eigenvalue weighted by Gasteiger charge is -2.07. The van der Waals surface area contributed by atoms with E-state index in [-0.39, 0.29) is 0 Å². The molecule has 0 bridgehead atoms. The summed E-state index contributed by atoms with van der Waals surface area (Å²) in [7, 11) is 3.16. The van der Waals surface area contributed by atoms with Gasteiger partial charge in [-0.3, -0.25) is 9.59 Å². The monoisotopic (exact) mass is 420 g/mol. The second kappa shape index (κ2) is 8.31. The molecule has 158 valence electrons. The number of ether oxygens (including phenoxy) is 2. The minimum Gasteiger partial charge on any atom is -0.493 e. The summed E-state index contributed by atoms with van der Waals surface area (Å²) in [6, 6.07) is 10.8. The summed E-state index contributed by atoms with van der Waals surface area (Å²) < 4.78 is 17.3. The van der Waals surface area contributed by atoms with E-state index in [9.17, 15) is 9.59 Å². The van der Waals surface area contributed by atoms with Crippen molar-refractivity contribution in [2.75, 3.05) is 14.2 Å². The second-order valence-electron chi connectivity index (χ2n) is 6.64. The Bertz CT molecular complexity index is 1400. The van der Waals surface area contributed by atoms with Crippen molar-refractivity contribution in [3.05, 3.63) is 68.6 Å². The van der Waals surface area contributed by atoms with Gasteiger partial charge < -0.3 is 23.5 Å². The van der Waals surface area contributed by atoms with Crippen LogP contribution in [0.15, 0.2) is 50.5 Å². The van der Waals surface area contributed by atoms with Crippen molar-refractivity contribution in [2.45, 2.75) is 13.5 Å². The summed E-state index contributed by atoms with van der Waals surface area (Å²) in [6.45, 7) is 2.20. The highest BCUT2D eigenvalue weighted by Gasteiger charge is 2.11. The molecule has 0 fully saturated rings. The van der Waals surface area contributed by atoms with Crippen LogP contribution in [0.1, 0.15) is 18.4 Å². The van der Waals surface area contributed by atoms with Crippen LogP contribution in [0.3, 0.4) is 0 Å². The highest BCUT2D eigenvalue weighted by molar-refractivity contribution is 5.80. The minimum absolute atomic E-state index is 0.317. The van der Waals surface area contributed by atoms with Crippen molar-refractivity contribution in [1.82, 2.24) is 19.7 Å². The van der Waals surface area contributed by atoms with Gasteiger partial charge in [0.15, 0.2) is 11.5 Å². The molecule has 0 radical (unpaired) electrons. The Kier molecular flexibility index (Phi) is 5.40. The van der Waals surface area contributed by atoms with Gasteiger partial charge in [0, 0.05) is 18.2 Å². The summed E-state index contributed by atoms with van der Waals surface area (Å²) in [5.41, 5.74) is 1.43. The summed E-state index contributed by atoms with van der Waals surface area (Å²) >= 11 is 0. The number of H-pyrrole nitrogens is 1. The van der Waals surface area contributed by atoms with Gasteiger partial charge in [-0.25, -0.2) is 0 Å². The third-order valence-electron chi connectivity index (χ3n) is 4.82. The predicted molar refractivity (Wildman–Crippen MR) is 116 cm³/mol. The number of nitrogens with zero attached hydrogens (tertiary/aromatic N) is 3. The Balaban J connectivity index is 1.64. The van der Waals surface area contributed by atoms with Gasteiger partial charge >= 0.3 is 11.1 Å². The van der Waals surface area contributed by atoms with Crippen molar-refractivity contribution in [1.29, 1.82) is 0 Å². The fraction of sp³-hybridized carbons (Fsp3) is 0.182. The molecule has 0 amide bonds. The van der Waals surface area contributed by atoms with Gasteiger partial charge in [0.05, 0.1) is 25.3 Å². The first-order valence-electron chi connectivity index (χ1n) is 9.55. The van der Waals surface area contributed by atoms with Crippen LogP contribution in [0.5, 0.6) is 11.5 Å². The third-order valence-corrected chi connectivity index (χ3v) is 4.82. The Hall–Kier alpha value is -4.14. The zero-order chi connectivity index (χ0) is 22.0. The van der Waals surface area contributed by atoms with Crippen molar-refractivity contribution in [3.8, 4) is 22.9 Å². The van der Waals surface area contributed by atoms with Crippen LogP contribution in [0.2, 0.25) is 0 Å². The average molecular weight is 420 g/mol. The zero-order valence-corrected chi connectivity index (χ0v) is 17.2. The van der Waals surface area contributed by atoms with E-state index in [2.05, 4.69) is 15.1 Å². The van der Waals surface area contributed by atoms with E-state index < -0.39 is 11.1 Å². The van der Waals surface area contributed by atoms with Crippen LogP contribution in [-0.2, 0) is 6.54 Å². The molecule has 4 aromatic rings. The number of rotatable bonds is 6. The van der Waals surface area contributed by atoms with Crippen molar-refractivity contribution >= 4 is 23.2 Å². The molecule has 0 aliphatic carbocycles. The van der Waals surface area contributed by atoms with Crippen molar-refractivity contribution in [3.63, 3.8) is 0 Å². The molecule has 0 saturated carbocycles. The molecule has 0 aliphatic heterocycles. The van der Waals surface area contributed by atoms with Crippen LogP contribution in [0.25, 0.3) is 34.6 Å². The first kappa shape index (κ1) is 20.1. The van der Waals surface area contributed by atoms with Crippen LogP contribution < -0.4 is 20.6 Å². The van der Waals surface area contributed by atoms with E-state index in [4.69, 9.17) is 14.0 Å². The fourth-order valence-corrected chi connectivity index (χ4v) is 3.28. The maximum absolute atomic E-state index is 12.0. The molecule has 9 nitrogen and oxygen atoms in total. The Morgan fingerprint density at radius 1 is 1.06 bits per heavy atom. The maximum Gasteiger partial charge on any atom is 0.316 e. The number of aromatic amines is 1. The second-order valence-corrected chi connectivity index (χ2v) is 6.64. The highest BCUT2D eigenvalue weighted by Crippen LogP contribution is 2.28. The molecule has 0 unspecified atom stereocenters. The SMILES string of the molecule is CCn1c(=O)c(=O)[nH]c2cc(-c3noc(C=Cc4ccc(OC)c(OC)c4)n3)ccc21. The lowest BCUT2D eigenvalue weighted by atomic mass is 10.1. The number of hydrogen-bond donors (Lipinski definition) is 1. The number of benzene rings is 2. The summed E-state index contributed by atoms with van der Waals surface area (Å²) in [5.74, 6) is 1.94. The van der Waals surface area contributed by atoms with E-state index >= 15 is 0 Å². The predicted octanol–water partition coefficient (Wildman–Crippen LogP) is 2.95. The quantitative estimate of drug-likeness (QED) is 0.477. The normalized spacial score (nSPS) is 11.3. The molecule has 0 saturated heterocycles. The lowest BCUT2D eigenvalue weighted by molar-refractivity contribution is 0.355. The maximum atomic E-state index is 12.0. The van der Waals surface area contributed by atoms with Gasteiger partial charge in [0.25, 0.3) is 5.89 Å². The third kappa shape index (κ3) is 3.85. The highest BCUT2D eigenvalue weighted by atomic mass is 16.5. The molecular weight excluding hydrogens is 400 g/mol. The largest absolute Gasteiger partial charge is 0.493 e. The van der Waals surface area contributed by atoms with Crippen LogP contribution in [0.4, 0.5) is 0 Å². The van der Waals surface area contributed by atoms with Crippen molar-refractivity contribution < 1.29 is 14.0 Å². The van der Waals surface area contributed by atoms with E-state index in [1.165, 1.54) is 4.57 Å². The molecule has 9 heteroatoms.